The summed E-state index contributed by atoms with van der Waals surface area (Å²) in [6.45, 7) is 2.32. The van der Waals surface area contributed by atoms with Gasteiger partial charge in [-0.15, -0.1) is 0 Å². The van der Waals surface area contributed by atoms with E-state index in [4.69, 9.17) is 0 Å². The van der Waals surface area contributed by atoms with Crippen molar-refractivity contribution in [3.63, 3.8) is 0 Å². The van der Waals surface area contributed by atoms with Crippen molar-refractivity contribution in [2.24, 2.45) is 0 Å². The molecule has 0 saturated heterocycles. The predicted octanol–water partition coefficient (Wildman–Crippen LogP) is 4.46. The minimum Gasteiger partial charge on any atom is -0.348 e. The number of para-hydroxylation sites is 1. The highest BCUT2D eigenvalue weighted by Crippen LogP contribution is 2.17. The zero-order chi connectivity index (χ0) is 20.1. The van der Waals surface area contributed by atoms with E-state index in [2.05, 4.69) is 10.6 Å². The molecule has 3 rings (SSSR count). The third-order valence-corrected chi connectivity index (χ3v) is 4.18. The average molecular weight is 380 g/mol. The molecule has 0 fully saturated rings. The Hall–Kier alpha value is -3.54. The second kappa shape index (κ2) is 8.43. The van der Waals surface area contributed by atoms with E-state index in [9.17, 15) is 18.4 Å². The minimum absolute atomic E-state index is 0.0474. The number of halogens is 2. The molecule has 0 unspecified atom stereocenters. The molecule has 4 nitrogen and oxygen atoms in total. The van der Waals surface area contributed by atoms with Crippen molar-refractivity contribution in [3.05, 3.63) is 101 Å². The normalized spacial score (nSPS) is 10.4. The first-order valence-corrected chi connectivity index (χ1v) is 8.63. The van der Waals surface area contributed by atoms with E-state index in [1.165, 1.54) is 6.07 Å². The molecule has 0 radical (unpaired) electrons. The van der Waals surface area contributed by atoms with Crippen LogP contribution >= 0.6 is 0 Å². The summed E-state index contributed by atoms with van der Waals surface area (Å²) in [4.78, 5) is 24.9. The van der Waals surface area contributed by atoms with Gasteiger partial charge in [0, 0.05) is 12.1 Å². The lowest BCUT2D eigenvalue weighted by molar-refractivity contribution is 0.0952. The number of anilines is 1. The van der Waals surface area contributed by atoms with E-state index in [1.54, 1.807) is 24.3 Å². The van der Waals surface area contributed by atoms with Gasteiger partial charge in [0.15, 0.2) is 11.6 Å². The van der Waals surface area contributed by atoms with Crippen molar-refractivity contribution in [2.75, 3.05) is 5.32 Å². The Morgan fingerprint density at radius 2 is 1.57 bits per heavy atom. The minimum atomic E-state index is -1.11. The third-order valence-electron chi connectivity index (χ3n) is 4.18. The van der Waals surface area contributed by atoms with Gasteiger partial charge in [0.05, 0.1) is 11.3 Å². The highest BCUT2D eigenvalue weighted by Gasteiger charge is 2.15. The van der Waals surface area contributed by atoms with Crippen LogP contribution in [0.2, 0.25) is 0 Å². The molecule has 2 amide bonds. The van der Waals surface area contributed by atoms with E-state index < -0.39 is 17.5 Å². The zero-order valence-electron chi connectivity index (χ0n) is 15.1. The molecule has 0 atom stereocenters. The van der Waals surface area contributed by atoms with Gasteiger partial charge in [-0.25, -0.2) is 8.78 Å². The van der Waals surface area contributed by atoms with Crippen molar-refractivity contribution >= 4 is 17.5 Å². The van der Waals surface area contributed by atoms with Crippen LogP contribution in [0, 0.1) is 18.6 Å². The van der Waals surface area contributed by atoms with Gasteiger partial charge >= 0.3 is 0 Å². The lowest BCUT2D eigenvalue weighted by Gasteiger charge is -2.12. The van der Waals surface area contributed by atoms with Crippen LogP contribution in [0.25, 0.3) is 0 Å². The average Bonchev–Trinajstić information content (AvgIpc) is 2.69. The number of rotatable bonds is 5. The molecule has 142 valence electrons. The Kier molecular flexibility index (Phi) is 5.79. The van der Waals surface area contributed by atoms with Crippen LogP contribution in [-0.4, -0.2) is 11.8 Å². The standard InChI is InChI=1S/C22H18F2N2O2/c1-14-6-8-15(9-7-14)13-25-22(28)17-4-2-3-5-20(17)26-21(27)16-10-11-18(23)19(24)12-16/h2-12H,13H2,1H3,(H,25,28)(H,26,27). The smallest absolute Gasteiger partial charge is 0.255 e. The van der Waals surface area contributed by atoms with Gasteiger partial charge in [-0.05, 0) is 42.8 Å². The second-order valence-electron chi connectivity index (χ2n) is 6.30. The van der Waals surface area contributed by atoms with Crippen LogP contribution in [0.3, 0.4) is 0 Å². The number of benzene rings is 3. The van der Waals surface area contributed by atoms with E-state index in [1.807, 2.05) is 31.2 Å². The molecule has 0 spiro atoms. The highest BCUT2D eigenvalue weighted by atomic mass is 19.2. The summed E-state index contributed by atoms with van der Waals surface area (Å²) in [5, 5.41) is 5.38. The second-order valence-corrected chi connectivity index (χ2v) is 6.30. The van der Waals surface area contributed by atoms with Crippen LogP contribution in [-0.2, 0) is 6.54 Å². The molecule has 0 bridgehead atoms. The Bertz CT molecular complexity index is 1020. The van der Waals surface area contributed by atoms with E-state index in [-0.39, 0.29) is 22.7 Å². The number of aryl methyl sites for hydroxylation is 1. The van der Waals surface area contributed by atoms with Gasteiger partial charge in [-0.1, -0.05) is 42.0 Å². The molecule has 0 saturated carbocycles. The lowest BCUT2D eigenvalue weighted by atomic mass is 10.1. The summed E-state index contributed by atoms with van der Waals surface area (Å²) in [6.07, 6.45) is 0. The van der Waals surface area contributed by atoms with Gasteiger partial charge in [0.1, 0.15) is 0 Å². The molecule has 0 aliphatic carbocycles. The molecular weight excluding hydrogens is 362 g/mol. The maximum atomic E-state index is 13.4. The Morgan fingerprint density at radius 3 is 2.29 bits per heavy atom. The predicted molar refractivity (Wildman–Crippen MR) is 103 cm³/mol. The number of carbonyl (C=O) groups excluding carboxylic acids is 2. The van der Waals surface area contributed by atoms with Crippen molar-refractivity contribution < 1.29 is 18.4 Å². The van der Waals surface area contributed by atoms with Crippen molar-refractivity contribution in [3.8, 4) is 0 Å². The molecule has 28 heavy (non-hydrogen) atoms. The van der Waals surface area contributed by atoms with Crippen molar-refractivity contribution in [1.29, 1.82) is 0 Å². The Labute approximate surface area is 161 Å². The fourth-order valence-corrected chi connectivity index (χ4v) is 2.61. The topological polar surface area (TPSA) is 58.2 Å². The molecule has 0 aromatic heterocycles. The largest absolute Gasteiger partial charge is 0.348 e. The monoisotopic (exact) mass is 380 g/mol. The van der Waals surface area contributed by atoms with Crippen LogP contribution in [0.5, 0.6) is 0 Å². The van der Waals surface area contributed by atoms with E-state index in [0.717, 1.165) is 23.3 Å². The summed E-state index contributed by atoms with van der Waals surface area (Å²) >= 11 is 0. The number of hydrogen-bond acceptors (Lipinski definition) is 2. The summed E-state index contributed by atoms with van der Waals surface area (Å²) < 4.78 is 26.4. The fraction of sp³-hybridized carbons (Fsp3) is 0.0909. The van der Waals surface area contributed by atoms with Crippen molar-refractivity contribution in [2.45, 2.75) is 13.5 Å². The van der Waals surface area contributed by atoms with Crippen LogP contribution in [0.1, 0.15) is 31.8 Å². The van der Waals surface area contributed by atoms with E-state index >= 15 is 0 Å². The summed E-state index contributed by atoms with van der Waals surface area (Å²) in [6, 6.07) is 17.1. The van der Waals surface area contributed by atoms with Crippen LogP contribution in [0.4, 0.5) is 14.5 Å². The Morgan fingerprint density at radius 1 is 0.857 bits per heavy atom. The molecule has 6 heteroatoms. The lowest BCUT2D eigenvalue weighted by Crippen LogP contribution is -2.25. The maximum absolute atomic E-state index is 13.4. The molecule has 3 aromatic rings. The fourth-order valence-electron chi connectivity index (χ4n) is 2.61. The SMILES string of the molecule is Cc1ccc(CNC(=O)c2ccccc2NC(=O)c2ccc(F)c(F)c2)cc1. The van der Waals surface area contributed by atoms with Gasteiger partial charge < -0.3 is 10.6 Å². The molecule has 3 aromatic carbocycles. The first-order chi connectivity index (χ1) is 13.4. The first kappa shape index (κ1) is 19.2. The summed E-state index contributed by atoms with van der Waals surface area (Å²) in [7, 11) is 0. The van der Waals surface area contributed by atoms with E-state index in [0.29, 0.717) is 6.54 Å². The van der Waals surface area contributed by atoms with Crippen LogP contribution < -0.4 is 10.6 Å². The number of carbonyl (C=O) groups is 2. The quantitative estimate of drug-likeness (QED) is 0.687. The number of nitrogens with one attached hydrogen (secondary N) is 2. The zero-order valence-corrected chi connectivity index (χ0v) is 15.1. The molecule has 2 N–H and O–H groups in total. The van der Waals surface area contributed by atoms with Gasteiger partial charge in [-0.3, -0.25) is 9.59 Å². The van der Waals surface area contributed by atoms with Crippen molar-refractivity contribution in [1.82, 2.24) is 5.32 Å². The Balaban J connectivity index is 1.72. The van der Waals surface area contributed by atoms with Gasteiger partial charge in [0.2, 0.25) is 0 Å². The summed E-state index contributed by atoms with van der Waals surface area (Å²) in [5.41, 5.74) is 2.57. The summed E-state index contributed by atoms with van der Waals surface area (Å²) in [5.74, 6) is -3.15. The first-order valence-electron chi connectivity index (χ1n) is 8.63. The molecule has 0 heterocycles. The number of amides is 2. The highest BCUT2D eigenvalue weighted by molar-refractivity contribution is 6.09. The molecule has 0 aliphatic rings. The van der Waals surface area contributed by atoms with Crippen LogP contribution in [0.15, 0.2) is 66.7 Å². The van der Waals surface area contributed by atoms with Gasteiger partial charge in [0.25, 0.3) is 11.8 Å². The molecule has 0 aliphatic heterocycles. The number of hydrogen-bond donors (Lipinski definition) is 2. The maximum Gasteiger partial charge on any atom is 0.255 e. The third kappa shape index (κ3) is 4.59. The molecular formula is C22H18F2N2O2. The van der Waals surface area contributed by atoms with Gasteiger partial charge in [-0.2, -0.15) is 0 Å².